The number of halogens is 3. The van der Waals surface area contributed by atoms with Crippen LogP contribution in [0.2, 0.25) is 10.0 Å². The van der Waals surface area contributed by atoms with Gasteiger partial charge in [-0.1, -0.05) is 41.4 Å². The van der Waals surface area contributed by atoms with Crippen LogP contribution >= 0.6 is 35.0 Å². The predicted molar refractivity (Wildman–Crippen MR) is 109 cm³/mol. The normalized spacial score (nSPS) is 10.5. The van der Waals surface area contributed by atoms with Crippen molar-refractivity contribution in [3.05, 3.63) is 69.5 Å². The minimum atomic E-state index is -0.370. The molecule has 2 amide bonds. The summed E-state index contributed by atoms with van der Waals surface area (Å²) >= 11 is 13.4. The van der Waals surface area contributed by atoms with Crippen LogP contribution in [0.5, 0.6) is 0 Å². The fraction of sp³-hybridized carbons (Fsp3) is 0.263. The molecule has 0 aliphatic rings. The molecule has 0 aliphatic heterocycles. The summed E-state index contributed by atoms with van der Waals surface area (Å²) in [5.74, 6) is 0.181. The van der Waals surface area contributed by atoms with Crippen molar-refractivity contribution in [2.24, 2.45) is 0 Å². The van der Waals surface area contributed by atoms with Crippen molar-refractivity contribution in [2.45, 2.75) is 12.2 Å². The van der Waals surface area contributed by atoms with Crippen LogP contribution in [0.15, 0.2) is 42.5 Å². The third-order valence-corrected chi connectivity index (χ3v) is 5.10. The Bertz CT molecular complexity index is 805. The first-order chi connectivity index (χ1) is 12.9. The van der Waals surface area contributed by atoms with Gasteiger partial charge in [-0.25, -0.2) is 4.39 Å². The van der Waals surface area contributed by atoms with Crippen molar-refractivity contribution in [2.75, 3.05) is 18.8 Å². The average molecular weight is 429 g/mol. The highest BCUT2D eigenvalue weighted by Gasteiger charge is 2.06. The fourth-order valence-electron chi connectivity index (χ4n) is 2.24. The van der Waals surface area contributed by atoms with Gasteiger partial charge in [-0.3, -0.25) is 9.59 Å². The first kappa shape index (κ1) is 21.5. The summed E-state index contributed by atoms with van der Waals surface area (Å²) in [7, 11) is 0. The summed E-state index contributed by atoms with van der Waals surface area (Å²) in [6.07, 6.45) is 0.101. The maximum atomic E-state index is 13.1. The van der Waals surface area contributed by atoms with E-state index in [2.05, 4.69) is 10.6 Å². The highest BCUT2D eigenvalue weighted by atomic mass is 35.5. The summed E-state index contributed by atoms with van der Waals surface area (Å²) in [6, 6.07) is 11.2. The molecule has 0 atom stereocenters. The minimum Gasteiger partial charge on any atom is -0.354 e. The number of carbonyl (C=O) groups excluding carboxylic acids is 2. The zero-order valence-electron chi connectivity index (χ0n) is 14.4. The molecule has 0 unspecified atom stereocenters. The lowest BCUT2D eigenvalue weighted by Gasteiger charge is -2.08. The second kappa shape index (κ2) is 11.2. The predicted octanol–water partition coefficient (Wildman–Crippen LogP) is 3.84. The van der Waals surface area contributed by atoms with E-state index in [1.54, 1.807) is 24.3 Å². The van der Waals surface area contributed by atoms with E-state index >= 15 is 0 Å². The van der Waals surface area contributed by atoms with Crippen LogP contribution in [-0.4, -0.2) is 30.7 Å². The summed E-state index contributed by atoms with van der Waals surface area (Å²) in [6.45, 7) is 0.642. The second-order valence-electron chi connectivity index (χ2n) is 5.74. The summed E-state index contributed by atoms with van der Waals surface area (Å²) in [5.41, 5.74) is 1.53. The van der Waals surface area contributed by atoms with Gasteiger partial charge in [-0.2, -0.15) is 0 Å². The Morgan fingerprint density at radius 1 is 1.00 bits per heavy atom. The summed E-state index contributed by atoms with van der Waals surface area (Å²) in [5, 5.41) is 6.58. The van der Waals surface area contributed by atoms with Gasteiger partial charge in [0, 0.05) is 28.9 Å². The molecule has 0 aliphatic carbocycles. The van der Waals surface area contributed by atoms with Crippen molar-refractivity contribution in [3.8, 4) is 0 Å². The zero-order valence-corrected chi connectivity index (χ0v) is 16.8. The Balaban J connectivity index is 1.58. The quantitative estimate of drug-likeness (QED) is 0.596. The first-order valence-corrected chi connectivity index (χ1v) is 10.1. The summed E-state index contributed by atoms with van der Waals surface area (Å²) in [4.78, 5) is 23.6. The molecule has 2 N–H and O–H groups in total. The van der Waals surface area contributed by atoms with E-state index < -0.39 is 0 Å². The molecule has 0 saturated carbocycles. The van der Waals surface area contributed by atoms with Crippen LogP contribution in [0, 0.1) is 5.82 Å². The molecule has 4 nitrogen and oxygen atoms in total. The molecule has 0 heterocycles. The molecule has 0 radical (unpaired) electrons. The van der Waals surface area contributed by atoms with Gasteiger partial charge < -0.3 is 10.6 Å². The van der Waals surface area contributed by atoms with Crippen molar-refractivity contribution >= 4 is 46.8 Å². The molecule has 2 aromatic carbocycles. The van der Waals surface area contributed by atoms with Crippen molar-refractivity contribution < 1.29 is 14.0 Å². The van der Waals surface area contributed by atoms with E-state index in [1.165, 1.54) is 23.9 Å². The Kier molecular flexibility index (Phi) is 8.91. The van der Waals surface area contributed by atoms with Crippen LogP contribution in [-0.2, 0) is 21.8 Å². The maximum Gasteiger partial charge on any atom is 0.230 e. The molecule has 2 rings (SSSR count). The Morgan fingerprint density at radius 2 is 1.74 bits per heavy atom. The smallest absolute Gasteiger partial charge is 0.230 e. The van der Waals surface area contributed by atoms with Crippen molar-refractivity contribution in [3.63, 3.8) is 0 Å². The molecule has 0 spiro atoms. The van der Waals surface area contributed by atoms with Crippen LogP contribution < -0.4 is 10.6 Å². The number of nitrogens with one attached hydrogen (secondary N) is 2. The molecule has 0 bridgehead atoms. The highest BCUT2D eigenvalue weighted by Crippen LogP contribution is 2.24. The van der Waals surface area contributed by atoms with Crippen molar-refractivity contribution in [1.29, 1.82) is 0 Å². The Labute approximate surface area is 171 Å². The molecule has 0 fully saturated rings. The maximum absolute atomic E-state index is 13.1. The van der Waals surface area contributed by atoms with E-state index in [-0.39, 0.29) is 29.8 Å². The monoisotopic (exact) mass is 428 g/mol. The second-order valence-corrected chi connectivity index (χ2v) is 7.56. The Hall–Kier alpha value is -1.76. The largest absolute Gasteiger partial charge is 0.354 e. The molecule has 144 valence electrons. The van der Waals surface area contributed by atoms with E-state index in [0.29, 0.717) is 34.5 Å². The number of hydrogen-bond acceptors (Lipinski definition) is 3. The van der Waals surface area contributed by atoms with Gasteiger partial charge in [-0.15, -0.1) is 11.8 Å². The molecule has 0 saturated heterocycles. The third-order valence-electron chi connectivity index (χ3n) is 3.53. The summed E-state index contributed by atoms with van der Waals surface area (Å²) < 4.78 is 13.1. The van der Waals surface area contributed by atoms with E-state index in [1.807, 2.05) is 6.07 Å². The molecule has 0 aromatic heterocycles. The number of carbonyl (C=O) groups is 2. The van der Waals surface area contributed by atoms with Crippen LogP contribution in [0.3, 0.4) is 0 Å². The number of benzene rings is 2. The molecular formula is C19H19Cl2FN2O2S. The van der Waals surface area contributed by atoms with E-state index in [9.17, 15) is 14.0 Å². The van der Waals surface area contributed by atoms with E-state index in [4.69, 9.17) is 23.2 Å². The van der Waals surface area contributed by atoms with Crippen LogP contribution in [0.25, 0.3) is 0 Å². The van der Waals surface area contributed by atoms with Crippen LogP contribution in [0.4, 0.5) is 4.39 Å². The number of rotatable bonds is 9. The first-order valence-electron chi connectivity index (χ1n) is 8.23. The fourth-order valence-corrected chi connectivity index (χ4v) is 3.66. The lowest BCUT2D eigenvalue weighted by atomic mass is 10.1. The average Bonchev–Trinajstić information content (AvgIpc) is 2.60. The lowest BCUT2D eigenvalue weighted by Crippen LogP contribution is -2.36. The van der Waals surface area contributed by atoms with E-state index in [0.717, 1.165) is 5.56 Å². The van der Waals surface area contributed by atoms with Gasteiger partial charge in [0.2, 0.25) is 11.8 Å². The standard InChI is InChI=1S/C19H19Cl2FN2O2S/c20-15-5-4-14(17(21)10-15)11-27-12-19(26)24-7-6-23-18(25)9-13-2-1-3-16(22)8-13/h1-5,8,10H,6-7,9,11-12H2,(H,23,25)(H,24,26). The zero-order chi connectivity index (χ0) is 19.6. The number of amides is 2. The van der Waals surface area contributed by atoms with Gasteiger partial charge >= 0.3 is 0 Å². The van der Waals surface area contributed by atoms with Gasteiger partial charge in [-0.05, 0) is 35.4 Å². The minimum absolute atomic E-state index is 0.101. The SMILES string of the molecule is O=C(CSCc1ccc(Cl)cc1Cl)NCCNC(=O)Cc1cccc(F)c1. The van der Waals surface area contributed by atoms with Crippen LogP contribution in [0.1, 0.15) is 11.1 Å². The topological polar surface area (TPSA) is 58.2 Å². The van der Waals surface area contributed by atoms with Gasteiger partial charge in [0.15, 0.2) is 0 Å². The van der Waals surface area contributed by atoms with Crippen molar-refractivity contribution in [1.82, 2.24) is 10.6 Å². The Morgan fingerprint density at radius 3 is 2.44 bits per heavy atom. The highest BCUT2D eigenvalue weighted by molar-refractivity contribution is 7.99. The molecule has 27 heavy (non-hydrogen) atoms. The molecule has 2 aromatic rings. The molecular weight excluding hydrogens is 410 g/mol. The van der Waals surface area contributed by atoms with Gasteiger partial charge in [0.1, 0.15) is 5.82 Å². The third kappa shape index (κ3) is 8.20. The lowest BCUT2D eigenvalue weighted by molar-refractivity contribution is -0.121. The molecule has 8 heteroatoms. The number of hydrogen-bond donors (Lipinski definition) is 2. The van der Waals surface area contributed by atoms with Gasteiger partial charge in [0.25, 0.3) is 0 Å². The van der Waals surface area contributed by atoms with Gasteiger partial charge in [0.05, 0.1) is 12.2 Å². The number of thioether (sulfide) groups is 1.